The van der Waals surface area contributed by atoms with Gasteiger partial charge in [-0.25, -0.2) is 9.48 Å². The number of ether oxygens (including phenoxy) is 2. The number of epoxide rings is 1. The second-order valence-electron chi connectivity index (χ2n) is 2.81. The molecule has 6 heteroatoms. The first-order valence-corrected chi connectivity index (χ1v) is 5.05. The summed E-state index contributed by atoms with van der Waals surface area (Å²) in [5.74, 6) is -0.418. The summed E-state index contributed by atoms with van der Waals surface area (Å²) in [6.45, 7) is 2.75. The minimum absolute atomic E-state index is 0.0190. The molecule has 1 aliphatic rings. The molecule has 0 amide bonds. The number of nitrogens with zero attached hydrogens (tertiary/aromatic N) is 2. The number of hydrogen-bond donors (Lipinski definition) is 0. The highest BCUT2D eigenvalue weighted by atomic mass is 79.9. The molecule has 1 aromatic rings. The van der Waals surface area contributed by atoms with Crippen LogP contribution in [-0.2, 0) is 9.47 Å². The minimum Gasteiger partial charge on any atom is -0.461 e. The van der Waals surface area contributed by atoms with Crippen LogP contribution >= 0.6 is 15.9 Å². The highest BCUT2D eigenvalue weighted by Gasteiger charge is 2.28. The molecule has 1 atom stereocenters. The molecular formula is C8H9BrN2O3. The molecule has 1 aromatic heterocycles. The second-order valence-corrected chi connectivity index (χ2v) is 3.67. The summed E-state index contributed by atoms with van der Waals surface area (Å²) in [6.07, 6.45) is 1.69. The van der Waals surface area contributed by atoms with Gasteiger partial charge in [0.15, 0.2) is 11.9 Å². The van der Waals surface area contributed by atoms with Crippen LogP contribution in [0.2, 0.25) is 0 Å². The summed E-state index contributed by atoms with van der Waals surface area (Å²) < 4.78 is 12.1. The van der Waals surface area contributed by atoms with Crippen LogP contribution in [0.4, 0.5) is 0 Å². The fraction of sp³-hybridized carbons (Fsp3) is 0.500. The molecule has 0 aliphatic carbocycles. The summed E-state index contributed by atoms with van der Waals surface area (Å²) in [5.41, 5.74) is 0.294. The van der Waals surface area contributed by atoms with E-state index in [9.17, 15) is 4.79 Å². The van der Waals surface area contributed by atoms with Crippen molar-refractivity contribution in [3.8, 4) is 0 Å². The zero-order valence-corrected chi connectivity index (χ0v) is 9.15. The molecule has 0 spiro atoms. The van der Waals surface area contributed by atoms with Crippen LogP contribution in [0.3, 0.4) is 0 Å². The van der Waals surface area contributed by atoms with Gasteiger partial charge in [0.05, 0.1) is 17.7 Å². The van der Waals surface area contributed by atoms with E-state index >= 15 is 0 Å². The standard InChI is InChI=1S/C8H9BrN2O3/c1-2-13-8(12)7-5(9)3-11(10-7)6-4-14-6/h3,6H,2,4H2,1H3. The van der Waals surface area contributed by atoms with Crippen LogP contribution in [0.25, 0.3) is 0 Å². The van der Waals surface area contributed by atoms with E-state index in [4.69, 9.17) is 9.47 Å². The molecule has 1 unspecified atom stereocenters. The van der Waals surface area contributed by atoms with Crippen LogP contribution in [-0.4, -0.2) is 29.0 Å². The smallest absolute Gasteiger partial charge is 0.360 e. The zero-order valence-electron chi connectivity index (χ0n) is 7.57. The number of carbonyl (C=O) groups is 1. The third-order valence-electron chi connectivity index (χ3n) is 1.77. The van der Waals surface area contributed by atoms with Crippen molar-refractivity contribution in [2.45, 2.75) is 13.2 Å². The minimum atomic E-state index is -0.418. The van der Waals surface area contributed by atoms with Gasteiger partial charge in [0.2, 0.25) is 0 Å². The van der Waals surface area contributed by atoms with E-state index in [1.54, 1.807) is 17.8 Å². The van der Waals surface area contributed by atoms with Gasteiger partial charge in [0, 0.05) is 6.20 Å². The van der Waals surface area contributed by atoms with Gasteiger partial charge in [-0.1, -0.05) is 0 Å². The molecule has 0 radical (unpaired) electrons. The first kappa shape index (κ1) is 9.67. The van der Waals surface area contributed by atoms with Gasteiger partial charge in [-0.3, -0.25) is 0 Å². The van der Waals surface area contributed by atoms with Gasteiger partial charge < -0.3 is 9.47 Å². The fourth-order valence-electron chi connectivity index (χ4n) is 1.05. The molecule has 2 heterocycles. The van der Waals surface area contributed by atoms with Crippen molar-refractivity contribution in [3.63, 3.8) is 0 Å². The third kappa shape index (κ3) is 1.80. The Kier molecular flexibility index (Phi) is 2.56. The Hall–Kier alpha value is -0.880. The van der Waals surface area contributed by atoms with Crippen molar-refractivity contribution >= 4 is 21.9 Å². The number of aromatic nitrogens is 2. The summed E-state index contributed by atoms with van der Waals surface area (Å²) in [7, 11) is 0. The van der Waals surface area contributed by atoms with Gasteiger partial charge in [0.25, 0.3) is 0 Å². The maximum absolute atomic E-state index is 11.4. The maximum Gasteiger partial charge on any atom is 0.360 e. The number of carbonyl (C=O) groups excluding carboxylic acids is 1. The van der Waals surface area contributed by atoms with E-state index in [2.05, 4.69) is 21.0 Å². The quantitative estimate of drug-likeness (QED) is 0.608. The molecule has 0 N–H and O–H groups in total. The van der Waals surface area contributed by atoms with E-state index in [1.807, 2.05) is 0 Å². The summed E-state index contributed by atoms with van der Waals surface area (Å²) in [4.78, 5) is 11.4. The Bertz CT molecular complexity index is 359. The van der Waals surface area contributed by atoms with E-state index in [0.717, 1.165) is 0 Å². The van der Waals surface area contributed by atoms with Gasteiger partial charge in [-0.2, -0.15) is 5.10 Å². The number of hydrogen-bond acceptors (Lipinski definition) is 4. The average molecular weight is 261 g/mol. The molecule has 76 valence electrons. The average Bonchev–Trinajstić information content (AvgIpc) is 2.91. The SMILES string of the molecule is CCOC(=O)c1nn(C2CO2)cc1Br. The van der Waals surface area contributed by atoms with Gasteiger partial charge in [0.1, 0.15) is 0 Å². The van der Waals surface area contributed by atoms with Crippen LogP contribution in [0.5, 0.6) is 0 Å². The molecular weight excluding hydrogens is 252 g/mol. The zero-order chi connectivity index (χ0) is 10.1. The predicted molar refractivity (Wildman–Crippen MR) is 50.9 cm³/mol. The Morgan fingerprint density at radius 1 is 1.93 bits per heavy atom. The highest BCUT2D eigenvalue weighted by Crippen LogP contribution is 2.25. The van der Waals surface area contributed by atoms with Crippen molar-refractivity contribution in [1.82, 2.24) is 9.78 Å². The Morgan fingerprint density at radius 3 is 3.21 bits per heavy atom. The van der Waals surface area contributed by atoms with E-state index in [0.29, 0.717) is 23.4 Å². The lowest BCUT2D eigenvalue weighted by molar-refractivity contribution is 0.0517. The van der Waals surface area contributed by atoms with Crippen molar-refractivity contribution in [2.24, 2.45) is 0 Å². The molecule has 5 nitrogen and oxygen atoms in total. The molecule has 1 saturated heterocycles. The highest BCUT2D eigenvalue weighted by molar-refractivity contribution is 9.10. The second kappa shape index (κ2) is 3.70. The largest absolute Gasteiger partial charge is 0.461 e. The van der Waals surface area contributed by atoms with E-state index in [1.165, 1.54) is 0 Å². The fourth-order valence-corrected chi connectivity index (χ4v) is 1.50. The Labute approximate surface area is 89.1 Å². The lowest BCUT2D eigenvalue weighted by Gasteiger charge is -1.97. The number of esters is 1. The normalized spacial score (nSPS) is 19.4. The summed E-state index contributed by atoms with van der Waals surface area (Å²) in [5, 5.41) is 4.06. The molecule has 1 fully saturated rings. The number of halogens is 1. The summed E-state index contributed by atoms with van der Waals surface area (Å²) in [6, 6.07) is 0. The Balaban J connectivity index is 2.19. The molecule has 14 heavy (non-hydrogen) atoms. The van der Waals surface area contributed by atoms with Crippen molar-refractivity contribution in [2.75, 3.05) is 13.2 Å². The van der Waals surface area contributed by atoms with Gasteiger partial charge in [-0.15, -0.1) is 0 Å². The summed E-state index contributed by atoms with van der Waals surface area (Å²) >= 11 is 3.24. The lowest BCUT2D eigenvalue weighted by atomic mass is 10.4. The monoisotopic (exact) mass is 260 g/mol. The molecule has 0 bridgehead atoms. The Morgan fingerprint density at radius 2 is 2.64 bits per heavy atom. The van der Waals surface area contributed by atoms with E-state index < -0.39 is 5.97 Å². The van der Waals surface area contributed by atoms with Crippen LogP contribution in [0, 0.1) is 0 Å². The van der Waals surface area contributed by atoms with Crippen molar-refractivity contribution in [1.29, 1.82) is 0 Å². The van der Waals surface area contributed by atoms with Crippen LogP contribution in [0.1, 0.15) is 23.6 Å². The first-order valence-electron chi connectivity index (χ1n) is 4.25. The maximum atomic E-state index is 11.4. The molecule has 0 aromatic carbocycles. The van der Waals surface area contributed by atoms with Crippen LogP contribution < -0.4 is 0 Å². The predicted octanol–water partition coefficient (Wildman–Crippen LogP) is 1.35. The van der Waals surface area contributed by atoms with Crippen molar-refractivity contribution in [3.05, 3.63) is 16.4 Å². The van der Waals surface area contributed by atoms with Gasteiger partial charge >= 0.3 is 5.97 Å². The topological polar surface area (TPSA) is 56.6 Å². The van der Waals surface area contributed by atoms with Crippen molar-refractivity contribution < 1.29 is 14.3 Å². The number of rotatable bonds is 3. The van der Waals surface area contributed by atoms with Gasteiger partial charge in [-0.05, 0) is 22.9 Å². The first-order chi connectivity index (χ1) is 6.72. The molecule has 0 saturated carbocycles. The van der Waals surface area contributed by atoms with E-state index in [-0.39, 0.29) is 6.23 Å². The molecule has 1 aliphatic heterocycles. The molecule has 2 rings (SSSR count). The third-order valence-corrected chi connectivity index (χ3v) is 2.35. The lowest BCUT2D eigenvalue weighted by Crippen LogP contribution is -2.07. The van der Waals surface area contributed by atoms with Crippen LogP contribution in [0.15, 0.2) is 10.7 Å².